The zero-order valence-electron chi connectivity index (χ0n) is 13.9. The van der Waals surface area contributed by atoms with Crippen LogP contribution in [0.2, 0.25) is 0 Å². The van der Waals surface area contributed by atoms with E-state index < -0.39 is 0 Å². The Labute approximate surface area is 132 Å². The fourth-order valence-electron chi connectivity index (χ4n) is 4.14. The van der Waals surface area contributed by atoms with Crippen LogP contribution in [0, 0.1) is 0 Å². The van der Waals surface area contributed by atoms with Gasteiger partial charge >= 0.3 is 0 Å². The second-order valence-corrected chi connectivity index (χ2v) is 6.84. The van der Waals surface area contributed by atoms with Crippen LogP contribution >= 0.6 is 0 Å². The summed E-state index contributed by atoms with van der Waals surface area (Å²) in [6.45, 7) is 6.45. The van der Waals surface area contributed by atoms with Crippen molar-refractivity contribution in [1.82, 2.24) is 9.47 Å². The Balaban J connectivity index is 2.10. The molecule has 0 saturated heterocycles. The molecule has 1 aliphatic carbocycles. The lowest BCUT2D eigenvalue weighted by Gasteiger charge is -2.36. The third-order valence-electron chi connectivity index (χ3n) is 5.32. The minimum absolute atomic E-state index is 0.167. The zero-order chi connectivity index (χ0) is 15.7. The molecular weight excluding hydrogens is 272 g/mol. The number of aryl methyl sites for hydroxylation is 2. The Hall–Kier alpha value is -1.77. The second kappa shape index (κ2) is 5.79. The van der Waals surface area contributed by atoms with Gasteiger partial charge in [0.2, 0.25) is 6.41 Å². The number of para-hydroxylation sites is 1. The van der Waals surface area contributed by atoms with Gasteiger partial charge in [-0.3, -0.25) is 4.79 Å². The molecule has 1 aliphatic rings. The van der Waals surface area contributed by atoms with E-state index in [2.05, 4.69) is 42.7 Å². The molecule has 0 radical (unpaired) electrons. The van der Waals surface area contributed by atoms with Crippen LogP contribution in [-0.2, 0) is 23.2 Å². The van der Waals surface area contributed by atoms with Crippen molar-refractivity contribution in [2.45, 2.75) is 51.5 Å². The highest BCUT2D eigenvalue weighted by molar-refractivity contribution is 5.86. The number of hydrogen-bond acceptors (Lipinski definition) is 1. The average molecular weight is 298 g/mol. The molecule has 3 rings (SSSR count). The number of nitrogens with zero attached hydrogens (tertiary/aromatic N) is 2. The van der Waals surface area contributed by atoms with E-state index in [9.17, 15) is 4.79 Å². The molecule has 1 unspecified atom stereocenters. The molecule has 0 bridgehead atoms. The van der Waals surface area contributed by atoms with Crippen molar-refractivity contribution in [2.75, 3.05) is 13.6 Å². The topological polar surface area (TPSA) is 25.2 Å². The summed E-state index contributed by atoms with van der Waals surface area (Å²) in [7, 11) is 1.87. The number of hydrogen-bond donors (Lipinski definition) is 0. The Morgan fingerprint density at radius 2 is 2.14 bits per heavy atom. The normalized spacial score (nSPS) is 20.9. The summed E-state index contributed by atoms with van der Waals surface area (Å²) >= 11 is 0. The number of carbonyl (C=O) groups is 1. The van der Waals surface area contributed by atoms with E-state index >= 15 is 0 Å². The maximum absolute atomic E-state index is 10.9. The highest BCUT2D eigenvalue weighted by Crippen LogP contribution is 2.44. The fourth-order valence-corrected chi connectivity index (χ4v) is 4.14. The van der Waals surface area contributed by atoms with E-state index in [1.54, 1.807) is 10.5 Å². The number of benzene rings is 1. The van der Waals surface area contributed by atoms with E-state index in [0.717, 1.165) is 25.9 Å². The summed E-state index contributed by atoms with van der Waals surface area (Å²) in [5.41, 5.74) is 4.59. The highest BCUT2D eigenvalue weighted by atomic mass is 16.1. The van der Waals surface area contributed by atoms with Gasteiger partial charge in [-0.25, -0.2) is 0 Å². The number of fused-ring (bicyclic) bond motifs is 3. The van der Waals surface area contributed by atoms with Crippen LogP contribution < -0.4 is 0 Å². The monoisotopic (exact) mass is 298 g/mol. The molecule has 118 valence electrons. The van der Waals surface area contributed by atoms with Gasteiger partial charge in [-0.2, -0.15) is 0 Å². The van der Waals surface area contributed by atoms with Crippen LogP contribution in [0.4, 0.5) is 0 Å². The first kappa shape index (κ1) is 15.1. The van der Waals surface area contributed by atoms with Gasteiger partial charge < -0.3 is 9.47 Å². The van der Waals surface area contributed by atoms with E-state index in [1.165, 1.54) is 35.9 Å². The molecule has 2 aromatic rings. The quantitative estimate of drug-likeness (QED) is 0.772. The minimum Gasteiger partial charge on any atom is -0.348 e. The molecule has 3 heteroatoms. The van der Waals surface area contributed by atoms with Crippen molar-refractivity contribution in [3.8, 4) is 0 Å². The molecule has 0 saturated carbocycles. The van der Waals surface area contributed by atoms with Gasteiger partial charge in [0.25, 0.3) is 0 Å². The van der Waals surface area contributed by atoms with Crippen LogP contribution in [0.25, 0.3) is 10.9 Å². The predicted octanol–water partition coefficient (Wildman–Crippen LogP) is 3.73. The Kier molecular flexibility index (Phi) is 3.98. The number of carbonyl (C=O) groups excluding carboxylic acids is 1. The number of amides is 1. The molecular formula is C19H26N2O. The predicted molar refractivity (Wildman–Crippen MR) is 91.2 cm³/mol. The third kappa shape index (κ3) is 2.33. The summed E-state index contributed by atoms with van der Waals surface area (Å²) in [6, 6.07) is 8.80. The van der Waals surface area contributed by atoms with Gasteiger partial charge in [0.1, 0.15) is 0 Å². The van der Waals surface area contributed by atoms with Gasteiger partial charge in [-0.1, -0.05) is 25.1 Å². The minimum atomic E-state index is 0.167. The molecule has 1 atom stereocenters. The summed E-state index contributed by atoms with van der Waals surface area (Å²) in [5.74, 6) is 0. The van der Waals surface area contributed by atoms with E-state index in [0.29, 0.717) is 0 Å². The molecule has 1 aromatic carbocycles. The van der Waals surface area contributed by atoms with Crippen LogP contribution in [0.1, 0.15) is 44.4 Å². The molecule has 1 aromatic heterocycles. The maximum atomic E-state index is 10.9. The largest absolute Gasteiger partial charge is 0.348 e. The summed E-state index contributed by atoms with van der Waals surface area (Å²) in [6.07, 6.45) is 5.60. The van der Waals surface area contributed by atoms with Crippen molar-refractivity contribution in [2.24, 2.45) is 0 Å². The lowest BCUT2D eigenvalue weighted by atomic mass is 9.72. The van der Waals surface area contributed by atoms with E-state index in [4.69, 9.17) is 0 Å². The van der Waals surface area contributed by atoms with Crippen LogP contribution in [0.15, 0.2) is 24.3 Å². The van der Waals surface area contributed by atoms with Crippen molar-refractivity contribution in [3.63, 3.8) is 0 Å². The lowest BCUT2D eigenvalue weighted by molar-refractivity contribution is -0.117. The van der Waals surface area contributed by atoms with Gasteiger partial charge in [0, 0.05) is 42.1 Å². The molecule has 0 spiro atoms. The van der Waals surface area contributed by atoms with Gasteiger partial charge in [0.15, 0.2) is 0 Å². The van der Waals surface area contributed by atoms with Gasteiger partial charge in [0.05, 0.1) is 0 Å². The number of rotatable bonds is 5. The summed E-state index contributed by atoms with van der Waals surface area (Å²) in [4.78, 5) is 12.7. The number of aromatic nitrogens is 1. The smallest absolute Gasteiger partial charge is 0.209 e. The average Bonchev–Trinajstić information content (AvgIpc) is 2.88. The van der Waals surface area contributed by atoms with Crippen LogP contribution in [0.5, 0.6) is 0 Å². The van der Waals surface area contributed by atoms with Gasteiger partial charge in [-0.15, -0.1) is 0 Å². The Bertz CT molecular complexity index is 655. The molecule has 1 heterocycles. The molecule has 0 aliphatic heterocycles. The first-order valence-corrected chi connectivity index (χ1v) is 8.37. The van der Waals surface area contributed by atoms with Crippen molar-refractivity contribution in [1.29, 1.82) is 0 Å². The van der Waals surface area contributed by atoms with Crippen LogP contribution in [-0.4, -0.2) is 29.5 Å². The van der Waals surface area contributed by atoms with Crippen molar-refractivity contribution < 1.29 is 4.79 Å². The first-order valence-electron chi connectivity index (χ1n) is 8.37. The zero-order valence-corrected chi connectivity index (χ0v) is 13.9. The summed E-state index contributed by atoms with van der Waals surface area (Å²) in [5, 5.41) is 1.43. The molecule has 0 fully saturated rings. The van der Waals surface area contributed by atoms with Crippen LogP contribution in [0.3, 0.4) is 0 Å². The second-order valence-electron chi connectivity index (χ2n) is 6.84. The molecule has 1 amide bonds. The fraction of sp³-hybridized carbons (Fsp3) is 0.526. The van der Waals surface area contributed by atoms with E-state index in [-0.39, 0.29) is 5.41 Å². The maximum Gasteiger partial charge on any atom is 0.209 e. The lowest BCUT2D eigenvalue weighted by Crippen LogP contribution is -2.34. The SMILES string of the molecule is CCn1c2c(c3ccccc31)CCCC2(C)CCN(C)C=O. The molecule has 3 nitrogen and oxygen atoms in total. The standard InChI is InChI=1S/C19H26N2O/c1-4-21-17-10-6-5-8-15(17)16-9-7-11-19(2,18(16)21)12-13-20(3)14-22/h5-6,8,10,14H,4,7,9,11-13H2,1-3H3. The molecule has 0 N–H and O–H groups in total. The van der Waals surface area contributed by atoms with Gasteiger partial charge in [-0.05, 0) is 44.2 Å². The van der Waals surface area contributed by atoms with E-state index in [1.807, 2.05) is 7.05 Å². The van der Waals surface area contributed by atoms with Crippen molar-refractivity contribution in [3.05, 3.63) is 35.5 Å². The molecule has 22 heavy (non-hydrogen) atoms. The third-order valence-corrected chi connectivity index (χ3v) is 5.32. The highest BCUT2D eigenvalue weighted by Gasteiger charge is 2.36. The Morgan fingerprint density at radius 3 is 2.86 bits per heavy atom. The van der Waals surface area contributed by atoms with Crippen molar-refractivity contribution >= 4 is 17.3 Å². The first-order chi connectivity index (χ1) is 10.6. The Morgan fingerprint density at radius 1 is 1.36 bits per heavy atom. The summed E-state index contributed by atoms with van der Waals surface area (Å²) < 4.78 is 2.50.